The normalized spacial score (nSPS) is 11.6. The van der Waals surface area contributed by atoms with Gasteiger partial charge < -0.3 is 5.32 Å². The number of nitro groups is 1. The van der Waals surface area contributed by atoms with Crippen LogP contribution in [0.1, 0.15) is 38.9 Å². The van der Waals surface area contributed by atoms with Crippen molar-refractivity contribution in [1.29, 1.82) is 5.26 Å². The molecule has 0 spiro atoms. The van der Waals surface area contributed by atoms with Gasteiger partial charge in [0, 0.05) is 17.2 Å². The first-order valence-corrected chi connectivity index (χ1v) is 9.14. The number of carbonyl (C=O) groups is 1. The van der Waals surface area contributed by atoms with E-state index in [1.165, 1.54) is 16.8 Å². The zero-order valence-electron chi connectivity index (χ0n) is 16.6. The van der Waals surface area contributed by atoms with E-state index in [0.29, 0.717) is 17.5 Å². The zero-order valence-corrected chi connectivity index (χ0v) is 16.6. The fourth-order valence-corrected chi connectivity index (χ4v) is 3.17. The quantitative estimate of drug-likeness (QED) is 0.477. The molecule has 1 atom stereocenters. The van der Waals surface area contributed by atoms with Crippen molar-refractivity contribution in [1.82, 2.24) is 15.1 Å². The van der Waals surface area contributed by atoms with E-state index in [9.17, 15) is 29.0 Å². The molecule has 0 aliphatic heterocycles. The summed E-state index contributed by atoms with van der Waals surface area (Å²) in [6.45, 7) is 3.44. The molecule has 31 heavy (non-hydrogen) atoms. The van der Waals surface area contributed by atoms with Crippen LogP contribution >= 0.6 is 0 Å². The molecule has 0 radical (unpaired) electrons. The topological polar surface area (TPSA) is 114 Å². The molecule has 1 aromatic heterocycles. The van der Waals surface area contributed by atoms with Crippen LogP contribution in [0, 0.1) is 46.9 Å². The van der Waals surface area contributed by atoms with Gasteiger partial charge in [-0.2, -0.15) is 10.4 Å². The number of nitrogens with one attached hydrogen (secondary N) is 1. The molecule has 1 heterocycles. The molecule has 2 aromatic carbocycles. The molecule has 158 valence electrons. The van der Waals surface area contributed by atoms with E-state index in [1.54, 1.807) is 32.0 Å². The van der Waals surface area contributed by atoms with Crippen LogP contribution in [0.2, 0.25) is 0 Å². The fourth-order valence-electron chi connectivity index (χ4n) is 3.17. The lowest BCUT2D eigenvalue weighted by atomic mass is 10.1. The third kappa shape index (κ3) is 4.56. The molecule has 1 unspecified atom stereocenters. The van der Waals surface area contributed by atoms with Gasteiger partial charge in [0.25, 0.3) is 5.91 Å². The van der Waals surface area contributed by atoms with Crippen LogP contribution in [-0.4, -0.2) is 20.6 Å². The van der Waals surface area contributed by atoms with E-state index in [0.717, 1.165) is 17.7 Å². The number of aromatic nitrogens is 2. The summed E-state index contributed by atoms with van der Waals surface area (Å²) in [4.78, 5) is 23.1. The molecule has 0 fully saturated rings. The van der Waals surface area contributed by atoms with Crippen molar-refractivity contribution < 1.29 is 18.5 Å². The number of amides is 1. The maximum absolute atomic E-state index is 13.9. The van der Waals surface area contributed by atoms with Crippen molar-refractivity contribution in [2.45, 2.75) is 26.4 Å². The molecule has 3 aromatic rings. The van der Waals surface area contributed by atoms with Crippen molar-refractivity contribution >= 4 is 11.6 Å². The number of nitriles is 1. The van der Waals surface area contributed by atoms with Gasteiger partial charge in [0.05, 0.1) is 17.5 Å². The van der Waals surface area contributed by atoms with Crippen LogP contribution in [0.5, 0.6) is 0 Å². The minimum absolute atomic E-state index is 0.0356. The first-order valence-electron chi connectivity index (χ1n) is 9.14. The van der Waals surface area contributed by atoms with E-state index in [4.69, 9.17) is 0 Å². The highest BCUT2D eigenvalue weighted by atomic mass is 19.1. The lowest BCUT2D eigenvalue weighted by molar-refractivity contribution is -0.386. The summed E-state index contributed by atoms with van der Waals surface area (Å²) in [5.74, 6) is -2.32. The predicted molar refractivity (Wildman–Crippen MR) is 106 cm³/mol. The number of nitrogens with zero attached hydrogens (tertiary/aromatic N) is 4. The van der Waals surface area contributed by atoms with Crippen molar-refractivity contribution in [3.8, 4) is 6.07 Å². The Morgan fingerprint density at radius 1 is 1.26 bits per heavy atom. The minimum atomic E-state index is -1.29. The largest absolute Gasteiger partial charge is 0.332 e. The first kappa shape index (κ1) is 21.6. The second-order valence-corrected chi connectivity index (χ2v) is 6.83. The molecule has 1 N–H and O–H groups in total. The highest BCUT2D eigenvalue weighted by molar-refractivity contribution is 5.94. The van der Waals surface area contributed by atoms with Crippen LogP contribution in [-0.2, 0) is 6.54 Å². The second-order valence-electron chi connectivity index (χ2n) is 6.83. The van der Waals surface area contributed by atoms with Gasteiger partial charge in [-0.05, 0) is 37.6 Å². The Kier molecular flexibility index (Phi) is 6.06. The van der Waals surface area contributed by atoms with Crippen LogP contribution < -0.4 is 5.32 Å². The highest BCUT2D eigenvalue weighted by Gasteiger charge is 2.22. The number of benzene rings is 2. The highest BCUT2D eigenvalue weighted by Crippen LogP contribution is 2.23. The Hall–Kier alpha value is -4.13. The Labute approximate surface area is 175 Å². The average Bonchev–Trinajstić information content (AvgIpc) is 3.00. The molecule has 8 nitrogen and oxygen atoms in total. The number of carbonyl (C=O) groups excluding carboxylic acids is 1. The Morgan fingerprint density at radius 2 is 1.94 bits per heavy atom. The van der Waals surface area contributed by atoms with Gasteiger partial charge in [0.1, 0.15) is 29.1 Å². The Morgan fingerprint density at radius 3 is 2.48 bits per heavy atom. The van der Waals surface area contributed by atoms with Gasteiger partial charge in [0.15, 0.2) is 0 Å². The summed E-state index contributed by atoms with van der Waals surface area (Å²) in [7, 11) is 0. The number of hydrogen-bond donors (Lipinski definition) is 1. The van der Waals surface area contributed by atoms with Gasteiger partial charge in [-0.1, -0.05) is 18.2 Å². The van der Waals surface area contributed by atoms with Gasteiger partial charge >= 0.3 is 5.69 Å². The molecule has 3 rings (SSSR count). The monoisotopic (exact) mass is 425 g/mol. The summed E-state index contributed by atoms with van der Waals surface area (Å²) in [6.07, 6.45) is 0. The van der Waals surface area contributed by atoms with Crippen LogP contribution in [0.3, 0.4) is 0 Å². The number of halogens is 2. The van der Waals surface area contributed by atoms with Crippen molar-refractivity contribution in [3.63, 3.8) is 0 Å². The lowest BCUT2D eigenvalue weighted by Gasteiger charge is -2.13. The third-order valence-electron chi connectivity index (χ3n) is 4.75. The summed E-state index contributed by atoms with van der Waals surface area (Å²) in [5.41, 5.74) is 1.53. The summed E-state index contributed by atoms with van der Waals surface area (Å²) in [6, 6.07) is 9.58. The maximum atomic E-state index is 13.9. The van der Waals surface area contributed by atoms with E-state index in [1.807, 2.05) is 0 Å². The summed E-state index contributed by atoms with van der Waals surface area (Å²) in [5, 5.41) is 27.0. The smallest absolute Gasteiger partial charge is 0.312 e. The Balaban J connectivity index is 1.74. The molecule has 0 bridgehead atoms. The SMILES string of the molecule is Cc1nn(Cc2ccc(C(=O)NC(C#N)c3ccc(F)cc3F)cc2)c(C)c1[N+](=O)[O-]. The molecular formula is C21H17F2N5O3. The van der Waals surface area contributed by atoms with E-state index >= 15 is 0 Å². The number of aryl methyl sites for hydroxylation is 1. The van der Waals surface area contributed by atoms with Crippen molar-refractivity contribution in [2.24, 2.45) is 0 Å². The molecule has 0 saturated heterocycles. The molecular weight excluding hydrogens is 408 g/mol. The van der Waals surface area contributed by atoms with Gasteiger partial charge in [-0.25, -0.2) is 8.78 Å². The number of hydrogen-bond acceptors (Lipinski definition) is 5. The third-order valence-corrected chi connectivity index (χ3v) is 4.75. The van der Waals surface area contributed by atoms with Crippen molar-refractivity contribution in [3.05, 3.63) is 92.3 Å². The van der Waals surface area contributed by atoms with Crippen LogP contribution in [0.4, 0.5) is 14.5 Å². The Bertz CT molecular complexity index is 1200. The van der Waals surface area contributed by atoms with Gasteiger partial charge in [0.2, 0.25) is 0 Å². The second kappa shape index (κ2) is 8.71. The predicted octanol–water partition coefficient (Wildman–Crippen LogP) is 3.73. The summed E-state index contributed by atoms with van der Waals surface area (Å²) < 4.78 is 28.5. The standard InChI is InChI=1S/C21H17F2N5O3/c1-12-20(28(30)31)13(2)27(26-12)11-14-3-5-15(6-4-14)21(29)25-19(10-24)17-8-7-16(22)9-18(17)23/h3-9,19H,11H2,1-2H3,(H,25,29). The molecule has 10 heteroatoms. The molecule has 1 amide bonds. The lowest BCUT2D eigenvalue weighted by Crippen LogP contribution is -2.28. The van der Waals surface area contributed by atoms with Gasteiger partial charge in [-0.15, -0.1) is 0 Å². The van der Waals surface area contributed by atoms with Crippen LogP contribution in [0.15, 0.2) is 42.5 Å². The van der Waals surface area contributed by atoms with E-state index in [2.05, 4.69) is 10.4 Å². The first-order chi connectivity index (χ1) is 14.7. The van der Waals surface area contributed by atoms with Crippen LogP contribution in [0.25, 0.3) is 0 Å². The summed E-state index contributed by atoms with van der Waals surface area (Å²) >= 11 is 0. The maximum Gasteiger partial charge on any atom is 0.312 e. The number of rotatable bonds is 6. The fraction of sp³-hybridized carbons (Fsp3) is 0.190. The zero-order chi connectivity index (χ0) is 22.7. The van der Waals surface area contributed by atoms with E-state index in [-0.39, 0.29) is 23.4 Å². The molecule has 0 aliphatic rings. The molecule has 0 saturated carbocycles. The van der Waals surface area contributed by atoms with E-state index < -0.39 is 28.5 Å². The molecule has 0 aliphatic carbocycles. The average molecular weight is 425 g/mol. The minimum Gasteiger partial charge on any atom is -0.332 e. The van der Waals surface area contributed by atoms with Crippen molar-refractivity contribution in [2.75, 3.05) is 0 Å². The van der Waals surface area contributed by atoms with Gasteiger partial charge in [-0.3, -0.25) is 19.6 Å².